The number of hydrogen-bond donors (Lipinski definition) is 2. The van der Waals surface area contributed by atoms with Gasteiger partial charge < -0.3 is 24.5 Å². The Morgan fingerprint density at radius 1 is 1.00 bits per heavy atom. The number of ether oxygens (including phenoxy) is 2. The van der Waals surface area contributed by atoms with Gasteiger partial charge in [0.15, 0.2) is 22.3 Å². The zero-order valence-electron chi connectivity index (χ0n) is 17.5. The van der Waals surface area contributed by atoms with Crippen LogP contribution >= 0.6 is 11.3 Å². The van der Waals surface area contributed by atoms with Gasteiger partial charge in [-0.3, -0.25) is 9.59 Å². The van der Waals surface area contributed by atoms with Gasteiger partial charge in [0, 0.05) is 5.56 Å². The van der Waals surface area contributed by atoms with Gasteiger partial charge in [0.25, 0.3) is 5.91 Å². The number of fused-ring (bicyclic) bond motifs is 1. The summed E-state index contributed by atoms with van der Waals surface area (Å²) in [6.07, 6.45) is 0. The molecule has 164 valence electrons. The second-order valence-corrected chi connectivity index (χ2v) is 7.81. The fraction of sp³-hybridized carbons (Fsp3) is 0.174. The molecule has 0 saturated heterocycles. The minimum absolute atomic E-state index is 0.168. The fourth-order valence-corrected chi connectivity index (χ4v) is 3.98. The SMILES string of the molecule is COc1ccc(C(=O)NCC(=O)NCc2ccc(-c3nc4ccccc4s3)o2)cc1OC. The molecule has 0 fully saturated rings. The predicted octanol–water partition coefficient (Wildman–Crippen LogP) is 3.62. The Balaban J connectivity index is 1.29. The van der Waals surface area contributed by atoms with Gasteiger partial charge >= 0.3 is 0 Å². The van der Waals surface area contributed by atoms with Crippen molar-refractivity contribution in [2.75, 3.05) is 20.8 Å². The third-order valence-corrected chi connectivity index (χ3v) is 5.73. The number of nitrogens with one attached hydrogen (secondary N) is 2. The van der Waals surface area contributed by atoms with Crippen LogP contribution in [-0.2, 0) is 11.3 Å². The van der Waals surface area contributed by atoms with Crippen LogP contribution in [-0.4, -0.2) is 37.6 Å². The third kappa shape index (κ3) is 4.73. The first-order chi connectivity index (χ1) is 15.6. The minimum atomic E-state index is -0.391. The molecule has 0 saturated carbocycles. The lowest BCUT2D eigenvalue weighted by Gasteiger charge is -2.10. The van der Waals surface area contributed by atoms with E-state index < -0.39 is 5.91 Å². The number of benzene rings is 2. The van der Waals surface area contributed by atoms with Crippen molar-refractivity contribution in [1.29, 1.82) is 0 Å². The highest BCUT2D eigenvalue weighted by Gasteiger charge is 2.13. The number of para-hydroxylation sites is 1. The molecule has 0 spiro atoms. The smallest absolute Gasteiger partial charge is 0.251 e. The van der Waals surface area contributed by atoms with Gasteiger partial charge in [-0.15, -0.1) is 11.3 Å². The summed E-state index contributed by atoms with van der Waals surface area (Å²) in [6.45, 7) is 0.0363. The van der Waals surface area contributed by atoms with Crippen molar-refractivity contribution in [1.82, 2.24) is 15.6 Å². The monoisotopic (exact) mass is 451 g/mol. The maximum absolute atomic E-state index is 12.3. The number of carbonyl (C=O) groups is 2. The average molecular weight is 452 g/mol. The van der Waals surface area contributed by atoms with Gasteiger partial charge in [0.05, 0.1) is 37.5 Å². The molecule has 0 aliphatic rings. The van der Waals surface area contributed by atoms with Crippen LogP contribution in [0.2, 0.25) is 0 Å². The average Bonchev–Trinajstić information content (AvgIpc) is 3.47. The third-order valence-electron chi connectivity index (χ3n) is 4.68. The van der Waals surface area contributed by atoms with E-state index in [1.54, 1.807) is 35.6 Å². The number of rotatable bonds is 8. The lowest BCUT2D eigenvalue weighted by Crippen LogP contribution is -2.36. The van der Waals surface area contributed by atoms with E-state index in [9.17, 15) is 9.59 Å². The number of amides is 2. The Labute approximate surface area is 188 Å². The second-order valence-electron chi connectivity index (χ2n) is 6.78. The summed E-state index contributed by atoms with van der Waals surface area (Å²) in [6, 6.07) is 16.3. The highest BCUT2D eigenvalue weighted by molar-refractivity contribution is 7.21. The zero-order chi connectivity index (χ0) is 22.5. The van der Waals surface area contributed by atoms with Crippen LogP contribution in [0, 0.1) is 0 Å². The standard InChI is InChI=1S/C23H21N3O5S/c1-29-17-9-7-14(11-19(17)30-2)22(28)25-13-21(27)24-12-15-8-10-18(31-15)23-26-16-5-3-4-6-20(16)32-23/h3-11H,12-13H2,1-2H3,(H,24,27)(H,25,28). The quantitative estimate of drug-likeness (QED) is 0.424. The molecule has 2 heterocycles. The molecule has 8 nitrogen and oxygen atoms in total. The Morgan fingerprint density at radius 3 is 2.59 bits per heavy atom. The molecule has 0 unspecified atom stereocenters. The molecule has 4 rings (SSSR count). The van der Waals surface area contributed by atoms with E-state index in [1.165, 1.54) is 14.2 Å². The highest BCUT2D eigenvalue weighted by Crippen LogP contribution is 2.31. The van der Waals surface area contributed by atoms with Crippen LogP contribution in [0.5, 0.6) is 11.5 Å². The lowest BCUT2D eigenvalue weighted by molar-refractivity contribution is -0.120. The summed E-state index contributed by atoms with van der Waals surface area (Å²) in [5.41, 5.74) is 1.28. The molecule has 0 atom stereocenters. The molecular weight excluding hydrogens is 430 g/mol. The molecule has 9 heteroatoms. The molecule has 0 aliphatic carbocycles. The topological polar surface area (TPSA) is 103 Å². The number of furan rings is 1. The maximum atomic E-state index is 12.3. The van der Waals surface area contributed by atoms with Crippen molar-refractivity contribution in [2.45, 2.75) is 6.54 Å². The first-order valence-corrected chi connectivity index (χ1v) is 10.6. The first-order valence-electron chi connectivity index (χ1n) is 9.79. The van der Waals surface area contributed by atoms with Crippen molar-refractivity contribution in [3.05, 3.63) is 65.9 Å². The Hall–Kier alpha value is -3.85. The Kier molecular flexibility index (Phi) is 6.37. The fourth-order valence-electron chi connectivity index (χ4n) is 3.05. The van der Waals surface area contributed by atoms with Crippen LogP contribution in [0.25, 0.3) is 21.0 Å². The number of aromatic nitrogens is 1. The summed E-state index contributed by atoms with van der Waals surface area (Å²) in [4.78, 5) is 29.0. The molecular formula is C23H21N3O5S. The molecule has 2 N–H and O–H groups in total. The summed E-state index contributed by atoms with van der Waals surface area (Å²) in [5, 5.41) is 6.10. The van der Waals surface area contributed by atoms with Crippen LogP contribution < -0.4 is 20.1 Å². The van der Waals surface area contributed by atoms with Gasteiger partial charge in [-0.2, -0.15) is 0 Å². The second kappa shape index (κ2) is 9.52. The largest absolute Gasteiger partial charge is 0.493 e. The van der Waals surface area contributed by atoms with E-state index in [0.29, 0.717) is 28.6 Å². The predicted molar refractivity (Wildman–Crippen MR) is 121 cm³/mol. The highest BCUT2D eigenvalue weighted by atomic mass is 32.1. The summed E-state index contributed by atoms with van der Waals surface area (Å²) < 4.78 is 17.2. The summed E-state index contributed by atoms with van der Waals surface area (Å²) in [7, 11) is 3.01. The van der Waals surface area contributed by atoms with E-state index in [1.807, 2.05) is 30.3 Å². The van der Waals surface area contributed by atoms with Crippen molar-refractivity contribution in [3.8, 4) is 22.3 Å². The van der Waals surface area contributed by atoms with Gasteiger partial charge in [-0.05, 0) is 42.5 Å². The maximum Gasteiger partial charge on any atom is 0.251 e. The van der Waals surface area contributed by atoms with Gasteiger partial charge in [-0.1, -0.05) is 12.1 Å². The minimum Gasteiger partial charge on any atom is -0.493 e. The van der Waals surface area contributed by atoms with E-state index in [2.05, 4.69) is 15.6 Å². The van der Waals surface area contributed by atoms with Crippen molar-refractivity contribution < 1.29 is 23.5 Å². The first kappa shape index (κ1) is 21.4. The summed E-state index contributed by atoms with van der Waals surface area (Å²) >= 11 is 1.55. The van der Waals surface area contributed by atoms with Gasteiger partial charge in [-0.25, -0.2) is 4.98 Å². The molecule has 0 aliphatic heterocycles. The Morgan fingerprint density at radius 2 is 1.81 bits per heavy atom. The molecule has 0 radical (unpaired) electrons. The van der Waals surface area contributed by atoms with Gasteiger partial charge in [0.1, 0.15) is 5.76 Å². The molecule has 0 bridgehead atoms. The van der Waals surface area contributed by atoms with Crippen LogP contribution in [0.15, 0.2) is 59.0 Å². The van der Waals surface area contributed by atoms with Crippen LogP contribution in [0.1, 0.15) is 16.1 Å². The normalized spacial score (nSPS) is 10.7. The lowest BCUT2D eigenvalue weighted by atomic mass is 10.2. The molecule has 32 heavy (non-hydrogen) atoms. The van der Waals surface area contributed by atoms with E-state index in [4.69, 9.17) is 13.9 Å². The number of thiazole rings is 1. The van der Waals surface area contributed by atoms with Crippen molar-refractivity contribution >= 4 is 33.4 Å². The van der Waals surface area contributed by atoms with E-state index >= 15 is 0 Å². The number of nitrogens with zero attached hydrogens (tertiary/aromatic N) is 1. The van der Waals surface area contributed by atoms with E-state index in [0.717, 1.165) is 15.2 Å². The van der Waals surface area contributed by atoms with Gasteiger partial charge in [0.2, 0.25) is 5.91 Å². The number of hydrogen-bond acceptors (Lipinski definition) is 7. The van der Waals surface area contributed by atoms with Crippen molar-refractivity contribution in [3.63, 3.8) is 0 Å². The molecule has 2 amide bonds. The number of carbonyl (C=O) groups excluding carboxylic acids is 2. The zero-order valence-corrected chi connectivity index (χ0v) is 18.3. The van der Waals surface area contributed by atoms with Crippen molar-refractivity contribution in [2.24, 2.45) is 0 Å². The van der Waals surface area contributed by atoms with Crippen LogP contribution in [0.4, 0.5) is 0 Å². The Bertz CT molecular complexity index is 1230. The van der Waals surface area contributed by atoms with E-state index in [-0.39, 0.29) is 19.0 Å². The van der Waals surface area contributed by atoms with Crippen LogP contribution in [0.3, 0.4) is 0 Å². The molecule has 2 aromatic carbocycles. The molecule has 2 aromatic heterocycles. The molecule has 4 aromatic rings. The number of methoxy groups -OCH3 is 2. The summed E-state index contributed by atoms with van der Waals surface area (Å²) in [5.74, 6) is 1.47.